The van der Waals surface area contributed by atoms with Crippen molar-refractivity contribution < 1.29 is 41.0 Å². The number of hydrogen-bond acceptors (Lipinski definition) is 6. The Labute approximate surface area is 306 Å². The summed E-state index contributed by atoms with van der Waals surface area (Å²) in [7, 11) is 0. The van der Waals surface area contributed by atoms with Gasteiger partial charge in [0.15, 0.2) is 0 Å². The van der Waals surface area contributed by atoms with Crippen molar-refractivity contribution in [3.63, 3.8) is 0 Å². The Bertz CT molecular complexity index is 1740. The van der Waals surface area contributed by atoms with E-state index in [4.69, 9.17) is 9.72 Å². The molecule has 0 unspecified atom stereocenters. The molecule has 13 heteroatoms. The molecule has 0 atom stereocenters. The van der Waals surface area contributed by atoms with E-state index in [1.165, 1.54) is 17.0 Å². The minimum atomic E-state index is -4.52. The normalized spacial score (nSPS) is 12.4. The molecule has 1 heterocycles. The Balaban J connectivity index is 1.59. The van der Waals surface area contributed by atoms with Crippen molar-refractivity contribution in [2.24, 2.45) is 0 Å². The molecule has 4 rings (SSSR count). The number of alkyl halides is 6. The van der Waals surface area contributed by atoms with Gasteiger partial charge in [0.05, 0.1) is 22.5 Å². The van der Waals surface area contributed by atoms with Gasteiger partial charge in [-0.1, -0.05) is 72.8 Å². The van der Waals surface area contributed by atoms with Crippen LogP contribution in [0.2, 0.25) is 0 Å². The second-order valence-electron chi connectivity index (χ2n) is 13.9. The predicted octanol–water partition coefficient (Wildman–Crippen LogP) is 8.94. The van der Waals surface area contributed by atoms with Gasteiger partial charge in [-0.2, -0.15) is 26.3 Å². The number of amides is 1. The molecule has 7 nitrogen and oxygen atoms in total. The Morgan fingerprint density at radius 2 is 1.11 bits per heavy atom. The summed E-state index contributed by atoms with van der Waals surface area (Å²) in [5, 5.41) is 9.45. The lowest BCUT2D eigenvalue weighted by molar-refractivity contribution is -0.138. The number of aliphatic hydroxyl groups excluding tert-OH is 1. The highest BCUT2D eigenvalue weighted by molar-refractivity contribution is 5.68. The summed E-state index contributed by atoms with van der Waals surface area (Å²) in [5.41, 5.74) is 0.908. The molecule has 1 N–H and O–H groups in total. The summed E-state index contributed by atoms with van der Waals surface area (Å²) in [4.78, 5) is 23.3. The molecule has 0 spiro atoms. The summed E-state index contributed by atoms with van der Waals surface area (Å²) in [5.74, 6) is 0. The van der Waals surface area contributed by atoms with Crippen molar-refractivity contribution >= 4 is 6.09 Å². The highest BCUT2D eigenvalue weighted by atomic mass is 19.4. The van der Waals surface area contributed by atoms with Crippen molar-refractivity contribution in [2.75, 3.05) is 26.2 Å². The number of pyridine rings is 1. The highest BCUT2D eigenvalue weighted by Gasteiger charge is 2.31. The maximum Gasteiger partial charge on any atom is 0.416 e. The molecule has 0 radical (unpaired) electrons. The fraction of sp³-hybridized carbons (Fsp3) is 0.400. The monoisotopic (exact) mass is 744 g/mol. The molecule has 1 amide bonds. The van der Waals surface area contributed by atoms with Crippen LogP contribution in [0.3, 0.4) is 0 Å². The molecule has 4 aromatic rings. The zero-order valence-electron chi connectivity index (χ0n) is 30.1. The first-order valence-electron chi connectivity index (χ1n) is 17.3. The van der Waals surface area contributed by atoms with E-state index < -0.39 is 35.2 Å². The van der Waals surface area contributed by atoms with Crippen LogP contribution in [0, 0.1) is 0 Å². The summed E-state index contributed by atoms with van der Waals surface area (Å²) in [6, 6.07) is 25.3. The van der Waals surface area contributed by atoms with Gasteiger partial charge in [0.1, 0.15) is 5.60 Å². The second-order valence-corrected chi connectivity index (χ2v) is 13.9. The van der Waals surface area contributed by atoms with Gasteiger partial charge < -0.3 is 14.7 Å². The number of aromatic nitrogens is 1. The van der Waals surface area contributed by atoms with E-state index >= 15 is 0 Å². The van der Waals surface area contributed by atoms with Gasteiger partial charge in [0.25, 0.3) is 0 Å². The topological polar surface area (TPSA) is 69.1 Å². The fourth-order valence-electron chi connectivity index (χ4n) is 5.74. The van der Waals surface area contributed by atoms with Gasteiger partial charge in [-0.25, -0.2) is 4.79 Å². The Hall–Kier alpha value is -4.46. The van der Waals surface area contributed by atoms with Crippen LogP contribution in [0.4, 0.5) is 31.1 Å². The van der Waals surface area contributed by atoms with Crippen molar-refractivity contribution in [1.29, 1.82) is 0 Å². The zero-order chi connectivity index (χ0) is 38.6. The van der Waals surface area contributed by atoms with Crippen LogP contribution in [0.1, 0.15) is 66.4 Å². The smallest absolute Gasteiger partial charge is 0.416 e. The van der Waals surface area contributed by atoms with E-state index in [0.717, 1.165) is 29.8 Å². The van der Waals surface area contributed by atoms with E-state index in [0.29, 0.717) is 42.0 Å². The van der Waals surface area contributed by atoms with Gasteiger partial charge in [-0.05, 0) is 68.1 Å². The molecular formula is C40H46F6N4O3. The number of benzene rings is 3. The fourth-order valence-corrected chi connectivity index (χ4v) is 5.74. The van der Waals surface area contributed by atoms with Crippen LogP contribution >= 0.6 is 0 Å². The molecule has 53 heavy (non-hydrogen) atoms. The Morgan fingerprint density at radius 1 is 0.623 bits per heavy atom. The van der Waals surface area contributed by atoms with Crippen LogP contribution in [-0.2, 0) is 49.8 Å². The third kappa shape index (κ3) is 14.1. The average Bonchev–Trinajstić information content (AvgIpc) is 3.07. The lowest BCUT2D eigenvalue weighted by atomic mass is 10.1. The quantitative estimate of drug-likeness (QED) is 0.116. The van der Waals surface area contributed by atoms with Crippen LogP contribution in [0.5, 0.6) is 0 Å². The highest BCUT2D eigenvalue weighted by Crippen LogP contribution is 2.31. The molecule has 0 aliphatic heterocycles. The molecule has 0 saturated heterocycles. The molecule has 0 fully saturated rings. The molecule has 0 bridgehead atoms. The van der Waals surface area contributed by atoms with E-state index in [1.54, 1.807) is 39.0 Å². The van der Waals surface area contributed by atoms with Gasteiger partial charge >= 0.3 is 18.4 Å². The summed E-state index contributed by atoms with van der Waals surface area (Å²) < 4.78 is 86.8. The first-order chi connectivity index (χ1) is 25.0. The predicted molar refractivity (Wildman–Crippen MR) is 190 cm³/mol. The number of hydrogen-bond donors (Lipinski definition) is 1. The van der Waals surface area contributed by atoms with Crippen LogP contribution < -0.4 is 0 Å². The first kappa shape index (κ1) is 41.3. The molecule has 286 valence electrons. The third-order valence-corrected chi connectivity index (χ3v) is 8.13. The minimum absolute atomic E-state index is 0.119. The number of ether oxygens (including phenoxy) is 1. The van der Waals surface area contributed by atoms with Crippen LogP contribution in [0.25, 0.3) is 0 Å². The molecule has 0 aliphatic carbocycles. The number of carbonyl (C=O) groups is 1. The molecule has 0 saturated carbocycles. The molecule has 0 aliphatic rings. The standard InChI is InChI=1S/C40H46F6N4O3/c1-38(2,3)53-37(52)50(19-10-22-51)21-20-48(26-31-13-7-15-33(23-31)39(41,42)43)28-35-17-9-18-36(47-35)29-49(25-30-11-5-4-6-12-30)27-32-14-8-16-34(24-32)40(44,45)46/h4-9,11-18,23-24,51H,10,19-22,25-29H2,1-3H3. The van der Waals surface area contributed by atoms with Crippen molar-refractivity contribution in [1.82, 2.24) is 19.7 Å². The van der Waals surface area contributed by atoms with Gasteiger partial charge in [-0.15, -0.1) is 0 Å². The first-order valence-corrected chi connectivity index (χ1v) is 17.3. The molecule has 1 aromatic heterocycles. The Kier molecular flexibility index (Phi) is 14.4. The maximum atomic E-state index is 13.6. The lowest BCUT2D eigenvalue weighted by Crippen LogP contribution is -2.42. The van der Waals surface area contributed by atoms with E-state index in [2.05, 4.69) is 0 Å². The van der Waals surface area contributed by atoms with Crippen molar-refractivity contribution in [2.45, 2.75) is 77.9 Å². The SMILES string of the molecule is CC(C)(C)OC(=O)N(CCCO)CCN(Cc1cccc(C(F)(F)F)c1)Cc1cccc(CN(Cc2ccccc2)Cc2cccc(C(F)(F)F)c2)n1. The van der Waals surface area contributed by atoms with Gasteiger partial charge in [0, 0.05) is 59.0 Å². The number of carbonyl (C=O) groups excluding carboxylic acids is 1. The Morgan fingerprint density at radius 3 is 1.64 bits per heavy atom. The van der Waals surface area contributed by atoms with E-state index in [-0.39, 0.29) is 45.9 Å². The lowest BCUT2D eigenvalue weighted by Gasteiger charge is -2.30. The van der Waals surface area contributed by atoms with Crippen molar-refractivity contribution in [3.05, 3.63) is 136 Å². The van der Waals surface area contributed by atoms with Crippen LogP contribution in [0.15, 0.2) is 97.1 Å². The minimum Gasteiger partial charge on any atom is -0.444 e. The van der Waals surface area contributed by atoms with Crippen molar-refractivity contribution in [3.8, 4) is 0 Å². The summed E-state index contributed by atoms with van der Waals surface area (Å²) in [6.45, 7) is 7.06. The second kappa shape index (κ2) is 18.5. The van der Waals surface area contributed by atoms with E-state index in [9.17, 15) is 36.2 Å². The largest absolute Gasteiger partial charge is 0.444 e. The molecule has 3 aromatic carbocycles. The van der Waals surface area contributed by atoms with Crippen LogP contribution in [-0.4, -0.2) is 62.7 Å². The van der Waals surface area contributed by atoms with Gasteiger partial charge in [0.2, 0.25) is 0 Å². The van der Waals surface area contributed by atoms with E-state index in [1.807, 2.05) is 52.3 Å². The summed E-state index contributed by atoms with van der Waals surface area (Å²) >= 11 is 0. The number of halogens is 6. The average molecular weight is 745 g/mol. The zero-order valence-corrected chi connectivity index (χ0v) is 30.1. The summed E-state index contributed by atoms with van der Waals surface area (Å²) in [6.07, 6.45) is -9.24. The number of nitrogens with zero attached hydrogens (tertiary/aromatic N) is 4. The number of aliphatic hydroxyl groups is 1. The third-order valence-electron chi connectivity index (χ3n) is 8.13. The molecular weight excluding hydrogens is 698 g/mol. The number of rotatable bonds is 16. The maximum absolute atomic E-state index is 13.6. The van der Waals surface area contributed by atoms with Gasteiger partial charge in [-0.3, -0.25) is 14.8 Å².